The summed E-state index contributed by atoms with van der Waals surface area (Å²) in [5.41, 5.74) is 8.00. The summed E-state index contributed by atoms with van der Waals surface area (Å²) < 4.78 is 0. The third-order valence-electron chi connectivity index (χ3n) is 4.16. The van der Waals surface area contributed by atoms with Gasteiger partial charge in [-0.15, -0.1) is 0 Å². The summed E-state index contributed by atoms with van der Waals surface area (Å²) in [4.78, 5) is 11.3. The minimum Gasteiger partial charge on any atom is -0.385 e. The quantitative estimate of drug-likeness (QED) is 0.814. The summed E-state index contributed by atoms with van der Waals surface area (Å²) in [5.74, 6) is 0.412. The number of carbonyl (C=O) groups excluding carboxylic acids is 1. The van der Waals surface area contributed by atoms with Crippen LogP contribution in [0.3, 0.4) is 0 Å². The first-order chi connectivity index (χ1) is 9.18. The molecule has 3 heteroatoms. The van der Waals surface area contributed by atoms with Crippen LogP contribution >= 0.6 is 0 Å². The number of hydrogen-bond acceptors (Lipinski definition) is 2. The fourth-order valence-electron chi connectivity index (χ4n) is 2.92. The average Bonchev–Trinajstić information content (AvgIpc) is 2.66. The van der Waals surface area contributed by atoms with Gasteiger partial charge in [-0.25, -0.2) is 0 Å². The minimum absolute atomic E-state index is 0.351. The van der Waals surface area contributed by atoms with Crippen LogP contribution in [-0.2, 0) is 0 Å². The molecule has 1 aliphatic carbocycles. The number of benzene rings is 1. The number of nitrogens with two attached hydrogens (primary N) is 1. The highest BCUT2D eigenvalue weighted by Crippen LogP contribution is 2.24. The fraction of sp³-hybridized carbons (Fsp3) is 0.562. The molecule has 19 heavy (non-hydrogen) atoms. The van der Waals surface area contributed by atoms with Gasteiger partial charge in [0.2, 0.25) is 5.91 Å². The Labute approximate surface area is 115 Å². The molecule has 3 N–H and O–H groups in total. The number of hydrogen-bond donors (Lipinski definition) is 2. The number of primary amides is 1. The van der Waals surface area contributed by atoms with Crippen molar-refractivity contribution in [2.45, 2.75) is 45.4 Å². The molecular formula is C16H24N2O. The van der Waals surface area contributed by atoms with Crippen molar-refractivity contribution in [3.8, 4) is 0 Å². The number of carbonyl (C=O) groups is 1. The highest BCUT2D eigenvalue weighted by Gasteiger charge is 2.13. The molecule has 1 saturated carbocycles. The topological polar surface area (TPSA) is 55.1 Å². The molecule has 1 amide bonds. The van der Waals surface area contributed by atoms with Crippen molar-refractivity contribution in [1.29, 1.82) is 0 Å². The minimum atomic E-state index is -0.351. The molecule has 1 aliphatic rings. The smallest absolute Gasteiger partial charge is 0.249 e. The van der Waals surface area contributed by atoms with Gasteiger partial charge in [0, 0.05) is 17.8 Å². The van der Waals surface area contributed by atoms with Gasteiger partial charge in [0.1, 0.15) is 0 Å². The summed E-state index contributed by atoms with van der Waals surface area (Å²) in [6.45, 7) is 2.96. The largest absolute Gasteiger partial charge is 0.385 e. The maximum absolute atomic E-state index is 11.3. The molecule has 3 nitrogen and oxygen atoms in total. The van der Waals surface area contributed by atoms with Gasteiger partial charge in [-0.05, 0) is 43.4 Å². The lowest BCUT2D eigenvalue weighted by molar-refractivity contribution is 0.1000. The van der Waals surface area contributed by atoms with Crippen LogP contribution in [0.25, 0.3) is 0 Å². The van der Waals surface area contributed by atoms with E-state index >= 15 is 0 Å². The molecule has 0 saturated heterocycles. The predicted octanol–water partition coefficient (Wildman–Crippen LogP) is 3.48. The molecule has 0 heterocycles. The monoisotopic (exact) mass is 260 g/mol. The Hall–Kier alpha value is -1.51. The molecular weight excluding hydrogens is 236 g/mol. The Balaban J connectivity index is 1.99. The van der Waals surface area contributed by atoms with E-state index < -0.39 is 0 Å². The average molecular weight is 260 g/mol. The van der Waals surface area contributed by atoms with Gasteiger partial charge >= 0.3 is 0 Å². The first-order valence-corrected chi connectivity index (χ1v) is 7.32. The van der Waals surface area contributed by atoms with E-state index in [0.29, 0.717) is 5.56 Å². The Bertz CT molecular complexity index is 434. The zero-order chi connectivity index (χ0) is 13.7. The van der Waals surface area contributed by atoms with Crippen LogP contribution in [-0.4, -0.2) is 12.5 Å². The third-order valence-corrected chi connectivity index (χ3v) is 4.16. The Morgan fingerprint density at radius 2 is 1.95 bits per heavy atom. The van der Waals surface area contributed by atoms with Crippen molar-refractivity contribution < 1.29 is 4.79 Å². The van der Waals surface area contributed by atoms with Crippen molar-refractivity contribution in [3.05, 3.63) is 29.3 Å². The molecule has 1 aromatic carbocycles. The van der Waals surface area contributed by atoms with E-state index in [2.05, 4.69) is 5.32 Å². The number of nitrogens with one attached hydrogen (secondary N) is 1. The Morgan fingerprint density at radius 1 is 1.26 bits per heavy atom. The van der Waals surface area contributed by atoms with Crippen LogP contribution in [0.2, 0.25) is 0 Å². The van der Waals surface area contributed by atoms with E-state index in [0.717, 1.165) is 23.7 Å². The van der Waals surface area contributed by atoms with Gasteiger partial charge < -0.3 is 11.1 Å². The van der Waals surface area contributed by atoms with Crippen molar-refractivity contribution in [2.75, 3.05) is 11.9 Å². The second kappa shape index (κ2) is 6.60. The van der Waals surface area contributed by atoms with Gasteiger partial charge in [0.15, 0.2) is 0 Å². The van der Waals surface area contributed by atoms with Crippen LogP contribution in [0.1, 0.15) is 54.4 Å². The molecule has 0 spiro atoms. The molecule has 0 radical (unpaired) electrons. The van der Waals surface area contributed by atoms with Crippen molar-refractivity contribution in [1.82, 2.24) is 0 Å². The predicted molar refractivity (Wildman–Crippen MR) is 79.4 cm³/mol. The summed E-state index contributed by atoms with van der Waals surface area (Å²) in [7, 11) is 0. The van der Waals surface area contributed by atoms with E-state index in [1.807, 2.05) is 19.1 Å². The summed E-state index contributed by atoms with van der Waals surface area (Å²) in [6.07, 6.45) is 8.11. The van der Waals surface area contributed by atoms with Crippen LogP contribution in [0, 0.1) is 12.8 Å². The normalized spacial score (nSPS) is 16.9. The van der Waals surface area contributed by atoms with Gasteiger partial charge in [0.25, 0.3) is 0 Å². The van der Waals surface area contributed by atoms with E-state index in [1.165, 1.54) is 38.5 Å². The SMILES string of the molecule is Cc1c(NCC2CCCCCC2)cccc1C(N)=O. The van der Waals surface area contributed by atoms with E-state index in [4.69, 9.17) is 5.73 Å². The lowest BCUT2D eigenvalue weighted by Crippen LogP contribution is -2.17. The van der Waals surface area contributed by atoms with Crippen molar-refractivity contribution in [2.24, 2.45) is 11.7 Å². The lowest BCUT2D eigenvalue weighted by Gasteiger charge is -2.17. The standard InChI is InChI=1S/C16H24N2O/c1-12-14(16(17)19)9-6-10-15(12)18-11-13-7-4-2-3-5-8-13/h6,9-10,13,18H,2-5,7-8,11H2,1H3,(H2,17,19). The zero-order valence-corrected chi connectivity index (χ0v) is 11.7. The van der Waals surface area contributed by atoms with Gasteiger partial charge in [-0.2, -0.15) is 0 Å². The van der Waals surface area contributed by atoms with Crippen LogP contribution < -0.4 is 11.1 Å². The van der Waals surface area contributed by atoms with E-state index in [-0.39, 0.29) is 5.91 Å². The molecule has 0 atom stereocenters. The first-order valence-electron chi connectivity index (χ1n) is 7.32. The molecule has 0 aliphatic heterocycles. The van der Waals surface area contributed by atoms with Crippen LogP contribution in [0.4, 0.5) is 5.69 Å². The first kappa shape index (κ1) is 13.9. The van der Waals surface area contributed by atoms with Crippen molar-refractivity contribution in [3.63, 3.8) is 0 Å². The van der Waals surface area contributed by atoms with E-state index in [1.54, 1.807) is 6.07 Å². The molecule has 0 aromatic heterocycles. The lowest BCUT2D eigenvalue weighted by atomic mass is 9.99. The maximum atomic E-state index is 11.3. The zero-order valence-electron chi connectivity index (χ0n) is 11.7. The summed E-state index contributed by atoms with van der Waals surface area (Å²) >= 11 is 0. The van der Waals surface area contributed by atoms with Gasteiger partial charge in [-0.3, -0.25) is 4.79 Å². The Kier molecular flexibility index (Phi) is 4.83. The highest BCUT2D eigenvalue weighted by molar-refractivity contribution is 5.95. The summed E-state index contributed by atoms with van der Waals surface area (Å²) in [6, 6.07) is 5.70. The molecule has 0 bridgehead atoms. The summed E-state index contributed by atoms with van der Waals surface area (Å²) in [5, 5.41) is 3.50. The molecule has 1 aromatic rings. The Morgan fingerprint density at radius 3 is 2.58 bits per heavy atom. The number of rotatable bonds is 4. The molecule has 104 valence electrons. The maximum Gasteiger partial charge on any atom is 0.249 e. The highest BCUT2D eigenvalue weighted by atomic mass is 16.1. The van der Waals surface area contributed by atoms with Gasteiger partial charge in [-0.1, -0.05) is 31.7 Å². The second-order valence-electron chi connectivity index (χ2n) is 5.58. The molecule has 2 rings (SSSR count). The third kappa shape index (κ3) is 3.72. The second-order valence-corrected chi connectivity index (χ2v) is 5.58. The van der Waals surface area contributed by atoms with Gasteiger partial charge in [0.05, 0.1) is 0 Å². The molecule has 1 fully saturated rings. The molecule has 0 unspecified atom stereocenters. The van der Waals surface area contributed by atoms with Crippen LogP contribution in [0.15, 0.2) is 18.2 Å². The van der Waals surface area contributed by atoms with E-state index in [9.17, 15) is 4.79 Å². The number of anilines is 1. The van der Waals surface area contributed by atoms with Crippen molar-refractivity contribution >= 4 is 11.6 Å². The number of amides is 1. The van der Waals surface area contributed by atoms with Crippen LogP contribution in [0.5, 0.6) is 0 Å². The fourth-order valence-corrected chi connectivity index (χ4v) is 2.92.